The average molecular weight is 402 g/mol. The second-order valence-corrected chi connectivity index (χ2v) is 8.63. The number of nitrogens with one attached hydrogen (secondary N) is 2. The topological polar surface area (TPSA) is 52.1 Å². The Balaban J connectivity index is 1.55. The molecule has 1 aliphatic carbocycles. The summed E-state index contributed by atoms with van der Waals surface area (Å²) in [6, 6.07) is 6.93. The fourth-order valence-corrected chi connectivity index (χ4v) is 3.56. The minimum atomic E-state index is 0.490. The molecule has 1 unspecified atom stereocenters. The number of piperazine rings is 1. The SMILES string of the molecule is CCNC(=NCc1ccc(C)cc1OCC1CC1)NCC(C)N1CCN(C)CC1. The van der Waals surface area contributed by atoms with Gasteiger partial charge in [0.05, 0.1) is 13.2 Å². The lowest BCUT2D eigenvalue weighted by Crippen LogP contribution is -2.52. The summed E-state index contributed by atoms with van der Waals surface area (Å²) in [6.07, 6.45) is 2.61. The summed E-state index contributed by atoms with van der Waals surface area (Å²) >= 11 is 0. The number of aryl methyl sites for hydroxylation is 1. The van der Waals surface area contributed by atoms with Crippen LogP contribution in [0.1, 0.15) is 37.8 Å². The van der Waals surface area contributed by atoms with E-state index in [1.54, 1.807) is 0 Å². The van der Waals surface area contributed by atoms with Crippen molar-refractivity contribution in [2.24, 2.45) is 10.9 Å². The van der Waals surface area contributed by atoms with Gasteiger partial charge < -0.3 is 20.3 Å². The number of likely N-dealkylation sites (N-methyl/N-ethyl adjacent to an activating group) is 1. The third-order valence-electron chi connectivity index (χ3n) is 5.87. The molecule has 6 nitrogen and oxygen atoms in total. The number of rotatable bonds is 9. The van der Waals surface area contributed by atoms with Gasteiger partial charge in [0.2, 0.25) is 0 Å². The molecule has 1 aromatic rings. The summed E-state index contributed by atoms with van der Waals surface area (Å²) < 4.78 is 6.10. The van der Waals surface area contributed by atoms with Crippen molar-refractivity contribution < 1.29 is 4.74 Å². The Bertz CT molecular complexity index is 665. The minimum absolute atomic E-state index is 0.490. The predicted octanol–water partition coefficient (Wildman–Crippen LogP) is 2.47. The maximum Gasteiger partial charge on any atom is 0.191 e. The van der Waals surface area contributed by atoms with Gasteiger partial charge in [-0.1, -0.05) is 12.1 Å². The highest BCUT2D eigenvalue weighted by atomic mass is 16.5. The molecule has 162 valence electrons. The van der Waals surface area contributed by atoms with Gasteiger partial charge in [0, 0.05) is 50.9 Å². The molecular formula is C23H39N5O. The van der Waals surface area contributed by atoms with Gasteiger partial charge in [0.25, 0.3) is 0 Å². The third-order valence-corrected chi connectivity index (χ3v) is 5.87. The molecule has 1 aromatic carbocycles. The Morgan fingerprint density at radius 2 is 1.97 bits per heavy atom. The highest BCUT2D eigenvalue weighted by Gasteiger charge is 2.22. The van der Waals surface area contributed by atoms with Crippen LogP contribution in [0.5, 0.6) is 5.75 Å². The monoisotopic (exact) mass is 401 g/mol. The van der Waals surface area contributed by atoms with E-state index < -0.39 is 0 Å². The van der Waals surface area contributed by atoms with Crippen molar-refractivity contribution in [1.82, 2.24) is 20.4 Å². The highest BCUT2D eigenvalue weighted by Crippen LogP contribution is 2.30. The second kappa shape index (κ2) is 10.8. The Labute approximate surface area is 176 Å². The lowest BCUT2D eigenvalue weighted by Gasteiger charge is -2.36. The molecule has 3 rings (SSSR count). The molecule has 0 spiro atoms. The molecular weight excluding hydrogens is 362 g/mol. The fraction of sp³-hybridized carbons (Fsp3) is 0.696. The zero-order valence-corrected chi connectivity index (χ0v) is 18.7. The van der Waals surface area contributed by atoms with Gasteiger partial charge in [0.1, 0.15) is 5.75 Å². The summed E-state index contributed by atoms with van der Waals surface area (Å²) in [7, 11) is 2.20. The molecule has 0 radical (unpaired) electrons. The van der Waals surface area contributed by atoms with Gasteiger partial charge in [0.15, 0.2) is 5.96 Å². The van der Waals surface area contributed by atoms with E-state index in [2.05, 4.69) is 66.5 Å². The molecule has 1 saturated heterocycles. The molecule has 0 aromatic heterocycles. The number of benzene rings is 1. The molecule has 29 heavy (non-hydrogen) atoms. The first-order valence-corrected chi connectivity index (χ1v) is 11.2. The van der Waals surface area contributed by atoms with Crippen LogP contribution in [0.4, 0.5) is 0 Å². The van der Waals surface area contributed by atoms with E-state index in [1.165, 1.54) is 18.4 Å². The van der Waals surface area contributed by atoms with Crippen molar-refractivity contribution >= 4 is 5.96 Å². The molecule has 2 N–H and O–H groups in total. The van der Waals surface area contributed by atoms with Crippen molar-refractivity contribution in [2.75, 3.05) is 52.9 Å². The van der Waals surface area contributed by atoms with E-state index in [4.69, 9.17) is 9.73 Å². The van der Waals surface area contributed by atoms with Crippen molar-refractivity contribution in [3.63, 3.8) is 0 Å². The predicted molar refractivity (Wildman–Crippen MR) is 121 cm³/mol. The van der Waals surface area contributed by atoms with Crippen molar-refractivity contribution in [2.45, 2.75) is 46.2 Å². The molecule has 1 saturated carbocycles. The van der Waals surface area contributed by atoms with Gasteiger partial charge >= 0.3 is 0 Å². The van der Waals surface area contributed by atoms with Crippen LogP contribution >= 0.6 is 0 Å². The number of nitrogens with zero attached hydrogens (tertiary/aromatic N) is 3. The Kier molecular flexibility index (Phi) is 8.19. The van der Waals surface area contributed by atoms with Crippen LogP contribution in [0.3, 0.4) is 0 Å². The van der Waals surface area contributed by atoms with E-state index in [1.807, 2.05) is 0 Å². The first kappa shape index (κ1) is 21.9. The molecule has 0 amide bonds. The minimum Gasteiger partial charge on any atom is -0.493 e. The van der Waals surface area contributed by atoms with Crippen LogP contribution in [-0.4, -0.2) is 74.7 Å². The lowest BCUT2D eigenvalue weighted by molar-refractivity contribution is 0.120. The first-order chi connectivity index (χ1) is 14.0. The second-order valence-electron chi connectivity index (χ2n) is 8.63. The van der Waals surface area contributed by atoms with Crippen LogP contribution in [0.2, 0.25) is 0 Å². The van der Waals surface area contributed by atoms with Crippen molar-refractivity contribution in [3.05, 3.63) is 29.3 Å². The smallest absolute Gasteiger partial charge is 0.191 e. The quantitative estimate of drug-likeness (QED) is 0.492. The molecule has 1 atom stereocenters. The molecule has 0 bridgehead atoms. The molecule has 6 heteroatoms. The fourth-order valence-electron chi connectivity index (χ4n) is 3.56. The van der Waals surface area contributed by atoms with E-state index in [0.717, 1.165) is 69.1 Å². The van der Waals surface area contributed by atoms with Crippen molar-refractivity contribution in [3.8, 4) is 5.75 Å². The zero-order chi connectivity index (χ0) is 20.6. The van der Waals surface area contributed by atoms with E-state index in [9.17, 15) is 0 Å². The van der Waals surface area contributed by atoms with Gasteiger partial charge in [-0.05, 0) is 58.2 Å². The van der Waals surface area contributed by atoms with Crippen LogP contribution < -0.4 is 15.4 Å². The van der Waals surface area contributed by atoms with Gasteiger partial charge in [-0.25, -0.2) is 4.99 Å². The summed E-state index contributed by atoms with van der Waals surface area (Å²) in [5.74, 6) is 2.62. The molecule has 2 fully saturated rings. The van der Waals surface area contributed by atoms with E-state index >= 15 is 0 Å². The Hall–Kier alpha value is -1.79. The summed E-state index contributed by atoms with van der Waals surface area (Å²) in [5, 5.41) is 6.91. The maximum absolute atomic E-state index is 6.10. The highest BCUT2D eigenvalue weighted by molar-refractivity contribution is 5.79. The largest absolute Gasteiger partial charge is 0.493 e. The van der Waals surface area contributed by atoms with E-state index in [-0.39, 0.29) is 0 Å². The summed E-state index contributed by atoms with van der Waals surface area (Å²) in [4.78, 5) is 9.78. The summed E-state index contributed by atoms with van der Waals surface area (Å²) in [5.41, 5.74) is 2.38. The Morgan fingerprint density at radius 3 is 2.66 bits per heavy atom. The van der Waals surface area contributed by atoms with Gasteiger partial charge in [-0.3, -0.25) is 4.90 Å². The van der Waals surface area contributed by atoms with Crippen LogP contribution in [-0.2, 0) is 6.54 Å². The molecule has 1 heterocycles. The van der Waals surface area contributed by atoms with Crippen LogP contribution in [0.15, 0.2) is 23.2 Å². The van der Waals surface area contributed by atoms with Crippen LogP contribution in [0.25, 0.3) is 0 Å². The molecule has 1 aliphatic heterocycles. The standard InChI is InChI=1S/C23H39N5O/c1-5-24-23(25-15-19(3)28-12-10-27(4)11-13-28)26-16-21-9-6-18(2)14-22(21)29-17-20-7-8-20/h6,9,14,19-20H,5,7-8,10-13,15-17H2,1-4H3,(H2,24,25,26). The van der Waals surface area contributed by atoms with Crippen molar-refractivity contribution in [1.29, 1.82) is 0 Å². The normalized spacial score (nSPS) is 19.8. The number of guanidine groups is 1. The number of ether oxygens (including phenoxy) is 1. The lowest BCUT2D eigenvalue weighted by atomic mass is 10.1. The van der Waals surface area contributed by atoms with Gasteiger partial charge in [-0.15, -0.1) is 0 Å². The summed E-state index contributed by atoms with van der Waals surface area (Å²) in [6.45, 7) is 14.3. The molecule has 2 aliphatic rings. The maximum atomic E-state index is 6.10. The average Bonchev–Trinajstić information content (AvgIpc) is 3.54. The number of hydrogen-bond donors (Lipinski definition) is 2. The third kappa shape index (κ3) is 7.19. The Morgan fingerprint density at radius 1 is 1.21 bits per heavy atom. The van der Waals surface area contributed by atoms with Gasteiger partial charge in [-0.2, -0.15) is 0 Å². The van der Waals surface area contributed by atoms with Crippen LogP contribution in [0, 0.1) is 12.8 Å². The number of aliphatic imine (C=N–C) groups is 1. The zero-order valence-electron chi connectivity index (χ0n) is 18.7. The van der Waals surface area contributed by atoms with E-state index in [0.29, 0.717) is 12.6 Å². The first-order valence-electron chi connectivity index (χ1n) is 11.2. The number of hydrogen-bond acceptors (Lipinski definition) is 4.